The van der Waals surface area contributed by atoms with Gasteiger partial charge in [-0.25, -0.2) is 4.98 Å². The first kappa shape index (κ1) is 18.8. The third kappa shape index (κ3) is 4.43. The molecule has 3 rings (SSSR count). The second-order valence-electron chi connectivity index (χ2n) is 6.15. The maximum absolute atomic E-state index is 12.6. The molecule has 1 fully saturated rings. The summed E-state index contributed by atoms with van der Waals surface area (Å²) < 4.78 is 5.06. The zero-order chi connectivity index (χ0) is 19.4. The van der Waals surface area contributed by atoms with Gasteiger partial charge in [-0.2, -0.15) is 0 Å². The molecule has 0 aliphatic carbocycles. The van der Waals surface area contributed by atoms with Crippen molar-refractivity contribution >= 4 is 34.3 Å². The second kappa shape index (κ2) is 8.17. The summed E-state index contributed by atoms with van der Waals surface area (Å²) in [6, 6.07) is 6.63. The molecule has 1 aliphatic rings. The van der Waals surface area contributed by atoms with E-state index in [0.29, 0.717) is 35.8 Å². The molecular weight excluding hydrogens is 370 g/mol. The average Bonchev–Trinajstić information content (AvgIpc) is 3.16. The van der Waals surface area contributed by atoms with Gasteiger partial charge >= 0.3 is 5.97 Å². The zero-order valence-electron chi connectivity index (χ0n) is 14.7. The van der Waals surface area contributed by atoms with Crippen LogP contribution in [0.1, 0.15) is 33.7 Å². The van der Waals surface area contributed by atoms with Gasteiger partial charge in [0.2, 0.25) is 0 Å². The molecule has 8 nitrogen and oxygen atoms in total. The number of benzene rings is 1. The lowest BCUT2D eigenvalue weighted by Gasteiger charge is -2.30. The normalized spacial score (nSPS) is 16.6. The molecule has 1 saturated heterocycles. The standard InChI is InChI=1S/C18H19N3O5S/c1-26-13-6-4-11(5-7-13)15(22)20-18-19-14(10-27-18)16(23)21-8-2-3-12(9-21)17(24)25/h4-7,10,12H,2-3,8-9H2,1H3,(H,24,25)(H,19,20,22). The van der Waals surface area contributed by atoms with E-state index in [2.05, 4.69) is 10.3 Å². The fourth-order valence-corrected chi connectivity index (χ4v) is 3.55. The summed E-state index contributed by atoms with van der Waals surface area (Å²) in [6.07, 6.45) is 1.22. The van der Waals surface area contributed by atoms with Crippen LogP contribution in [0.2, 0.25) is 0 Å². The number of carbonyl (C=O) groups is 3. The van der Waals surface area contributed by atoms with Crippen molar-refractivity contribution in [3.63, 3.8) is 0 Å². The van der Waals surface area contributed by atoms with Crippen molar-refractivity contribution in [3.05, 3.63) is 40.9 Å². The van der Waals surface area contributed by atoms with Crippen LogP contribution < -0.4 is 10.1 Å². The highest BCUT2D eigenvalue weighted by molar-refractivity contribution is 7.14. The van der Waals surface area contributed by atoms with Crippen molar-refractivity contribution in [1.82, 2.24) is 9.88 Å². The van der Waals surface area contributed by atoms with Gasteiger partial charge in [-0.3, -0.25) is 19.7 Å². The molecule has 2 amide bonds. The van der Waals surface area contributed by atoms with Crippen LogP contribution >= 0.6 is 11.3 Å². The highest BCUT2D eigenvalue weighted by Gasteiger charge is 2.29. The summed E-state index contributed by atoms with van der Waals surface area (Å²) in [5.41, 5.74) is 0.648. The Bertz CT molecular complexity index is 849. The summed E-state index contributed by atoms with van der Waals surface area (Å²) >= 11 is 1.15. The predicted octanol–water partition coefficient (Wildman–Crippen LogP) is 2.34. The van der Waals surface area contributed by atoms with Gasteiger partial charge in [0.05, 0.1) is 13.0 Å². The molecule has 0 saturated carbocycles. The quantitative estimate of drug-likeness (QED) is 0.812. The second-order valence-corrected chi connectivity index (χ2v) is 7.01. The predicted molar refractivity (Wildman–Crippen MR) is 99.3 cm³/mol. The number of aromatic nitrogens is 1. The van der Waals surface area contributed by atoms with E-state index in [1.807, 2.05) is 0 Å². The summed E-state index contributed by atoms with van der Waals surface area (Å²) in [4.78, 5) is 41.7. The molecule has 1 atom stereocenters. The van der Waals surface area contributed by atoms with E-state index < -0.39 is 11.9 Å². The Morgan fingerprint density at radius 1 is 1.30 bits per heavy atom. The minimum atomic E-state index is -0.891. The molecular formula is C18H19N3O5S. The smallest absolute Gasteiger partial charge is 0.308 e. The molecule has 1 unspecified atom stereocenters. The van der Waals surface area contributed by atoms with E-state index in [-0.39, 0.29) is 24.1 Å². The maximum Gasteiger partial charge on any atom is 0.308 e. The van der Waals surface area contributed by atoms with Gasteiger partial charge < -0.3 is 14.7 Å². The Kier molecular flexibility index (Phi) is 5.70. The minimum absolute atomic E-state index is 0.180. The Labute approximate surface area is 159 Å². The number of nitrogens with zero attached hydrogens (tertiary/aromatic N) is 2. The Hall–Kier alpha value is -2.94. The SMILES string of the molecule is COc1ccc(C(=O)Nc2nc(C(=O)N3CCCC(C(=O)O)C3)cs2)cc1. The van der Waals surface area contributed by atoms with E-state index in [9.17, 15) is 14.4 Å². The van der Waals surface area contributed by atoms with Crippen LogP contribution in [0.15, 0.2) is 29.6 Å². The number of rotatable bonds is 5. The van der Waals surface area contributed by atoms with Crippen molar-refractivity contribution in [1.29, 1.82) is 0 Å². The molecule has 2 heterocycles. The number of carbonyl (C=O) groups excluding carboxylic acids is 2. The lowest BCUT2D eigenvalue weighted by molar-refractivity contribution is -0.143. The maximum atomic E-state index is 12.6. The van der Waals surface area contributed by atoms with Gasteiger partial charge in [0.15, 0.2) is 5.13 Å². The van der Waals surface area contributed by atoms with Crippen molar-refractivity contribution in [2.75, 3.05) is 25.5 Å². The number of nitrogens with one attached hydrogen (secondary N) is 1. The molecule has 9 heteroatoms. The highest BCUT2D eigenvalue weighted by Crippen LogP contribution is 2.22. The molecule has 27 heavy (non-hydrogen) atoms. The Morgan fingerprint density at radius 3 is 2.70 bits per heavy atom. The molecule has 0 radical (unpaired) electrons. The molecule has 2 aromatic rings. The van der Waals surface area contributed by atoms with E-state index in [1.165, 1.54) is 4.90 Å². The number of likely N-dealkylation sites (tertiary alicyclic amines) is 1. The third-order valence-corrected chi connectivity index (χ3v) is 5.11. The van der Waals surface area contributed by atoms with Crippen LogP contribution in [0.5, 0.6) is 5.75 Å². The number of carboxylic acids is 1. The fraction of sp³-hybridized carbons (Fsp3) is 0.333. The summed E-state index contributed by atoms with van der Waals surface area (Å²) in [5.74, 6) is -1.44. The van der Waals surface area contributed by atoms with Crippen LogP contribution in [-0.4, -0.2) is 53.0 Å². The first-order chi connectivity index (χ1) is 13.0. The Morgan fingerprint density at radius 2 is 2.04 bits per heavy atom. The molecule has 1 aliphatic heterocycles. The number of aliphatic carboxylic acids is 1. The van der Waals surface area contributed by atoms with Crippen LogP contribution in [0.4, 0.5) is 5.13 Å². The lowest BCUT2D eigenvalue weighted by atomic mass is 9.98. The van der Waals surface area contributed by atoms with Crippen LogP contribution in [0.25, 0.3) is 0 Å². The van der Waals surface area contributed by atoms with Gasteiger partial charge in [0, 0.05) is 24.0 Å². The zero-order valence-corrected chi connectivity index (χ0v) is 15.5. The van der Waals surface area contributed by atoms with Gasteiger partial charge in [-0.15, -0.1) is 11.3 Å². The number of amides is 2. The molecule has 0 spiro atoms. The van der Waals surface area contributed by atoms with E-state index in [0.717, 1.165) is 11.3 Å². The molecule has 0 bridgehead atoms. The van der Waals surface area contributed by atoms with Gasteiger partial charge in [-0.05, 0) is 37.1 Å². The number of hydrogen-bond donors (Lipinski definition) is 2. The van der Waals surface area contributed by atoms with Gasteiger partial charge in [-0.1, -0.05) is 0 Å². The molecule has 1 aromatic carbocycles. The number of carboxylic acid groups (broad SMARTS) is 1. The van der Waals surface area contributed by atoms with Crippen LogP contribution in [0, 0.1) is 5.92 Å². The average molecular weight is 389 g/mol. The van der Waals surface area contributed by atoms with E-state index in [1.54, 1.807) is 36.8 Å². The number of hydrogen-bond acceptors (Lipinski definition) is 6. The first-order valence-electron chi connectivity index (χ1n) is 8.41. The summed E-state index contributed by atoms with van der Waals surface area (Å²) in [5, 5.41) is 13.7. The van der Waals surface area contributed by atoms with Crippen molar-refractivity contribution in [3.8, 4) is 5.75 Å². The largest absolute Gasteiger partial charge is 0.497 e. The Balaban J connectivity index is 1.64. The topological polar surface area (TPSA) is 109 Å². The lowest BCUT2D eigenvalue weighted by Crippen LogP contribution is -2.42. The monoisotopic (exact) mass is 389 g/mol. The number of anilines is 1. The number of methoxy groups -OCH3 is 1. The van der Waals surface area contributed by atoms with Gasteiger partial charge in [0.25, 0.3) is 11.8 Å². The third-order valence-electron chi connectivity index (χ3n) is 4.35. The number of ether oxygens (including phenoxy) is 1. The van der Waals surface area contributed by atoms with Crippen molar-refractivity contribution in [2.24, 2.45) is 5.92 Å². The van der Waals surface area contributed by atoms with Crippen molar-refractivity contribution < 1.29 is 24.2 Å². The van der Waals surface area contributed by atoms with Gasteiger partial charge in [0.1, 0.15) is 11.4 Å². The van der Waals surface area contributed by atoms with Crippen molar-refractivity contribution in [2.45, 2.75) is 12.8 Å². The molecule has 142 valence electrons. The van der Waals surface area contributed by atoms with Crippen LogP contribution in [0.3, 0.4) is 0 Å². The minimum Gasteiger partial charge on any atom is -0.497 e. The number of piperidine rings is 1. The molecule has 2 N–H and O–H groups in total. The van der Waals surface area contributed by atoms with E-state index >= 15 is 0 Å². The summed E-state index contributed by atoms with van der Waals surface area (Å²) in [7, 11) is 1.55. The first-order valence-corrected chi connectivity index (χ1v) is 9.29. The summed E-state index contributed by atoms with van der Waals surface area (Å²) in [6.45, 7) is 0.687. The van der Waals surface area contributed by atoms with Crippen LogP contribution in [-0.2, 0) is 4.79 Å². The number of thiazole rings is 1. The fourth-order valence-electron chi connectivity index (χ4n) is 2.87. The van der Waals surface area contributed by atoms with E-state index in [4.69, 9.17) is 9.84 Å². The highest BCUT2D eigenvalue weighted by atomic mass is 32.1. The molecule has 1 aromatic heterocycles.